The van der Waals surface area contributed by atoms with Crippen LogP contribution in [0.5, 0.6) is 0 Å². The Bertz CT molecular complexity index is 400. The summed E-state index contributed by atoms with van der Waals surface area (Å²) in [6, 6.07) is 6.39. The van der Waals surface area contributed by atoms with Crippen LogP contribution in [0.25, 0.3) is 0 Å². The van der Waals surface area contributed by atoms with Gasteiger partial charge < -0.3 is 11.1 Å². The van der Waals surface area contributed by atoms with E-state index in [1.54, 1.807) is 0 Å². The molecular formula is C14H24IN3. The zero-order valence-corrected chi connectivity index (χ0v) is 14.0. The standard InChI is InChI=1S/C14H23N3.HI/c1-10(2)8-16-14(15)17-9-13-6-5-11(3)7-12(13)4;/h5-7,10H,8-9H2,1-4H3,(H3,15,16,17);1H. The van der Waals surface area contributed by atoms with Crippen LogP contribution in [0, 0.1) is 19.8 Å². The lowest BCUT2D eigenvalue weighted by Gasteiger charge is -2.08. The summed E-state index contributed by atoms with van der Waals surface area (Å²) in [4.78, 5) is 4.34. The molecule has 0 radical (unpaired) electrons. The van der Waals surface area contributed by atoms with E-state index in [1.807, 2.05) is 0 Å². The van der Waals surface area contributed by atoms with Gasteiger partial charge in [-0.1, -0.05) is 37.6 Å². The number of nitrogens with zero attached hydrogens (tertiary/aromatic N) is 1. The predicted octanol–water partition coefficient (Wildman–Crippen LogP) is 2.98. The van der Waals surface area contributed by atoms with Crippen molar-refractivity contribution in [3.8, 4) is 0 Å². The van der Waals surface area contributed by atoms with Gasteiger partial charge in [-0.25, -0.2) is 4.99 Å². The van der Waals surface area contributed by atoms with Crippen molar-refractivity contribution in [2.75, 3.05) is 6.54 Å². The molecule has 0 unspecified atom stereocenters. The number of benzene rings is 1. The van der Waals surface area contributed by atoms with Crippen molar-refractivity contribution >= 4 is 29.9 Å². The summed E-state index contributed by atoms with van der Waals surface area (Å²) >= 11 is 0. The first kappa shape index (κ1) is 17.2. The Morgan fingerprint density at radius 3 is 2.56 bits per heavy atom. The van der Waals surface area contributed by atoms with Crippen molar-refractivity contribution in [3.63, 3.8) is 0 Å². The topological polar surface area (TPSA) is 50.4 Å². The summed E-state index contributed by atoms with van der Waals surface area (Å²) in [5, 5.41) is 3.11. The molecule has 1 rings (SSSR count). The molecule has 0 aliphatic heterocycles. The van der Waals surface area contributed by atoms with Crippen molar-refractivity contribution in [1.82, 2.24) is 5.32 Å². The number of nitrogens with one attached hydrogen (secondary N) is 1. The minimum atomic E-state index is 0. The van der Waals surface area contributed by atoms with Crippen LogP contribution in [0.4, 0.5) is 0 Å². The van der Waals surface area contributed by atoms with Gasteiger partial charge in [0, 0.05) is 6.54 Å². The molecule has 3 N–H and O–H groups in total. The molecule has 0 bridgehead atoms. The molecule has 0 saturated heterocycles. The Balaban J connectivity index is 0.00000289. The summed E-state index contributed by atoms with van der Waals surface area (Å²) in [5.74, 6) is 1.10. The van der Waals surface area contributed by atoms with Gasteiger partial charge in [-0.05, 0) is 30.9 Å². The predicted molar refractivity (Wildman–Crippen MR) is 89.5 cm³/mol. The van der Waals surface area contributed by atoms with Gasteiger partial charge in [0.25, 0.3) is 0 Å². The normalized spacial score (nSPS) is 11.3. The third kappa shape index (κ3) is 6.23. The van der Waals surface area contributed by atoms with Gasteiger partial charge in [0.15, 0.2) is 5.96 Å². The molecule has 1 aromatic carbocycles. The van der Waals surface area contributed by atoms with Crippen molar-refractivity contribution < 1.29 is 0 Å². The van der Waals surface area contributed by atoms with Crippen LogP contribution in [0.2, 0.25) is 0 Å². The van der Waals surface area contributed by atoms with E-state index in [1.165, 1.54) is 16.7 Å². The minimum absolute atomic E-state index is 0. The lowest BCUT2D eigenvalue weighted by molar-refractivity contribution is 0.622. The van der Waals surface area contributed by atoms with Gasteiger partial charge in [0.1, 0.15) is 0 Å². The second-order valence-corrected chi connectivity index (χ2v) is 4.91. The highest BCUT2D eigenvalue weighted by Crippen LogP contribution is 2.11. The van der Waals surface area contributed by atoms with Crippen LogP contribution >= 0.6 is 24.0 Å². The number of rotatable bonds is 4. The van der Waals surface area contributed by atoms with Gasteiger partial charge in [-0.15, -0.1) is 24.0 Å². The number of halogens is 1. The third-order valence-electron chi connectivity index (χ3n) is 2.61. The largest absolute Gasteiger partial charge is 0.370 e. The number of guanidine groups is 1. The average molecular weight is 361 g/mol. The van der Waals surface area contributed by atoms with E-state index in [-0.39, 0.29) is 24.0 Å². The second-order valence-electron chi connectivity index (χ2n) is 4.91. The van der Waals surface area contributed by atoms with Crippen LogP contribution in [0.3, 0.4) is 0 Å². The molecule has 18 heavy (non-hydrogen) atoms. The van der Waals surface area contributed by atoms with Gasteiger partial charge >= 0.3 is 0 Å². The fourth-order valence-corrected chi connectivity index (χ4v) is 1.56. The molecule has 0 aromatic heterocycles. The maximum atomic E-state index is 5.79. The molecule has 0 fully saturated rings. The van der Waals surface area contributed by atoms with Gasteiger partial charge in [-0.2, -0.15) is 0 Å². The molecular weight excluding hydrogens is 337 g/mol. The molecule has 3 nitrogen and oxygen atoms in total. The Kier molecular flexibility index (Phi) is 7.98. The van der Waals surface area contributed by atoms with Crippen molar-refractivity contribution in [2.24, 2.45) is 16.6 Å². The first-order valence-corrected chi connectivity index (χ1v) is 6.09. The highest BCUT2D eigenvalue weighted by atomic mass is 127. The zero-order valence-electron chi connectivity index (χ0n) is 11.7. The molecule has 0 aliphatic rings. The van der Waals surface area contributed by atoms with Crippen LogP contribution in [0.15, 0.2) is 23.2 Å². The Hall–Kier alpha value is -0.780. The highest BCUT2D eigenvalue weighted by Gasteiger charge is 1.99. The summed E-state index contributed by atoms with van der Waals surface area (Å²) in [6.07, 6.45) is 0. The SMILES string of the molecule is Cc1ccc(CN=C(N)NCC(C)C)c(C)c1.I. The molecule has 0 amide bonds. The molecule has 0 atom stereocenters. The van der Waals surface area contributed by atoms with Crippen molar-refractivity contribution in [1.29, 1.82) is 0 Å². The molecule has 0 spiro atoms. The van der Waals surface area contributed by atoms with Crippen molar-refractivity contribution in [2.45, 2.75) is 34.2 Å². The molecule has 102 valence electrons. The van der Waals surface area contributed by atoms with E-state index in [4.69, 9.17) is 5.73 Å². The fraction of sp³-hybridized carbons (Fsp3) is 0.500. The molecule has 4 heteroatoms. The van der Waals surface area contributed by atoms with E-state index in [0.717, 1.165) is 6.54 Å². The van der Waals surface area contributed by atoms with E-state index in [0.29, 0.717) is 18.4 Å². The van der Waals surface area contributed by atoms with E-state index >= 15 is 0 Å². The number of hydrogen-bond acceptors (Lipinski definition) is 1. The van der Waals surface area contributed by atoms with Crippen LogP contribution in [0.1, 0.15) is 30.5 Å². The maximum absolute atomic E-state index is 5.79. The fourth-order valence-electron chi connectivity index (χ4n) is 1.56. The minimum Gasteiger partial charge on any atom is -0.370 e. The summed E-state index contributed by atoms with van der Waals surface area (Å²) in [5.41, 5.74) is 9.56. The van der Waals surface area contributed by atoms with E-state index in [2.05, 4.69) is 56.2 Å². The summed E-state index contributed by atoms with van der Waals surface area (Å²) in [6.45, 7) is 9.99. The number of nitrogens with two attached hydrogens (primary N) is 1. The van der Waals surface area contributed by atoms with Gasteiger partial charge in [0.05, 0.1) is 6.54 Å². The lowest BCUT2D eigenvalue weighted by Crippen LogP contribution is -2.34. The first-order valence-electron chi connectivity index (χ1n) is 6.09. The smallest absolute Gasteiger partial charge is 0.188 e. The Morgan fingerprint density at radius 1 is 1.33 bits per heavy atom. The van der Waals surface area contributed by atoms with E-state index < -0.39 is 0 Å². The van der Waals surface area contributed by atoms with E-state index in [9.17, 15) is 0 Å². The highest BCUT2D eigenvalue weighted by molar-refractivity contribution is 14.0. The number of aryl methyl sites for hydroxylation is 2. The van der Waals surface area contributed by atoms with Gasteiger partial charge in [0.2, 0.25) is 0 Å². The maximum Gasteiger partial charge on any atom is 0.188 e. The summed E-state index contributed by atoms with van der Waals surface area (Å²) < 4.78 is 0. The third-order valence-corrected chi connectivity index (χ3v) is 2.61. The lowest BCUT2D eigenvalue weighted by atomic mass is 10.1. The molecule has 0 heterocycles. The quantitative estimate of drug-likeness (QED) is 0.492. The summed E-state index contributed by atoms with van der Waals surface area (Å²) in [7, 11) is 0. The molecule has 0 saturated carbocycles. The zero-order chi connectivity index (χ0) is 12.8. The number of aliphatic imine (C=N–C) groups is 1. The Morgan fingerprint density at radius 2 is 2.00 bits per heavy atom. The first-order chi connectivity index (χ1) is 7.99. The van der Waals surface area contributed by atoms with Gasteiger partial charge in [-0.3, -0.25) is 0 Å². The molecule has 0 aliphatic carbocycles. The molecule has 1 aromatic rings. The van der Waals surface area contributed by atoms with Crippen molar-refractivity contribution in [3.05, 3.63) is 34.9 Å². The van der Waals surface area contributed by atoms with Crippen LogP contribution in [-0.4, -0.2) is 12.5 Å². The average Bonchev–Trinajstić information content (AvgIpc) is 2.25. The number of hydrogen-bond donors (Lipinski definition) is 2. The second kappa shape index (κ2) is 8.34. The Labute approximate surface area is 127 Å². The monoisotopic (exact) mass is 361 g/mol. The van der Waals surface area contributed by atoms with Crippen LogP contribution in [-0.2, 0) is 6.54 Å². The van der Waals surface area contributed by atoms with Crippen LogP contribution < -0.4 is 11.1 Å².